The predicted molar refractivity (Wildman–Crippen MR) is 59.9 cm³/mol. The first-order chi connectivity index (χ1) is 6.20. The highest BCUT2D eigenvalue weighted by Crippen LogP contribution is 2.02. The molecule has 0 aliphatic rings. The Bertz CT molecular complexity index is 151. The average molecular weight is 200 g/mol. The van der Waals surface area contributed by atoms with Gasteiger partial charge in [-0.25, -0.2) is 0 Å². The summed E-state index contributed by atoms with van der Waals surface area (Å²) < 4.78 is 0. The molecular formula is C10H20N2S. The summed E-state index contributed by atoms with van der Waals surface area (Å²) in [5.74, 6) is 1.86. The molecule has 3 heteroatoms. The second-order valence-corrected chi connectivity index (χ2v) is 4.58. The van der Waals surface area contributed by atoms with E-state index in [2.05, 4.69) is 31.1 Å². The van der Waals surface area contributed by atoms with E-state index in [9.17, 15) is 0 Å². The molecule has 0 heterocycles. The third-order valence-electron chi connectivity index (χ3n) is 1.77. The zero-order chi connectivity index (χ0) is 10.1. The molecule has 2 nitrogen and oxygen atoms in total. The third-order valence-corrected chi connectivity index (χ3v) is 2.37. The molecule has 0 aromatic heterocycles. The molecule has 0 spiro atoms. The van der Waals surface area contributed by atoms with E-state index in [0.29, 0.717) is 12.3 Å². The fraction of sp³-hybridized carbons (Fsp3) is 0.900. The van der Waals surface area contributed by atoms with Crippen molar-refractivity contribution in [1.29, 1.82) is 5.26 Å². The van der Waals surface area contributed by atoms with Crippen LogP contribution in [0.15, 0.2) is 0 Å². The van der Waals surface area contributed by atoms with E-state index < -0.39 is 0 Å². The summed E-state index contributed by atoms with van der Waals surface area (Å²) in [6.07, 6.45) is 2.78. The van der Waals surface area contributed by atoms with Gasteiger partial charge in [0.25, 0.3) is 0 Å². The van der Waals surface area contributed by atoms with E-state index in [1.807, 2.05) is 11.8 Å². The van der Waals surface area contributed by atoms with Crippen molar-refractivity contribution in [3.05, 3.63) is 0 Å². The van der Waals surface area contributed by atoms with Gasteiger partial charge in [0.2, 0.25) is 0 Å². The van der Waals surface area contributed by atoms with E-state index in [1.165, 1.54) is 0 Å². The fourth-order valence-electron chi connectivity index (χ4n) is 1.24. The molecule has 76 valence electrons. The second kappa shape index (κ2) is 8.40. The molecule has 0 aliphatic carbocycles. The Morgan fingerprint density at radius 3 is 2.54 bits per heavy atom. The standard InChI is InChI=1S/C10H20N2S/c1-10(2)9-12(6-4-5-11)7-8-13-3/h10H,4,6-9H2,1-3H3. The lowest BCUT2D eigenvalue weighted by Gasteiger charge is -2.22. The molecule has 0 atom stereocenters. The van der Waals surface area contributed by atoms with Crippen molar-refractivity contribution in [2.45, 2.75) is 20.3 Å². The minimum Gasteiger partial charge on any atom is -0.301 e. The zero-order valence-corrected chi connectivity index (χ0v) is 9.73. The van der Waals surface area contributed by atoms with Crippen LogP contribution in [0.25, 0.3) is 0 Å². The lowest BCUT2D eigenvalue weighted by molar-refractivity contribution is 0.264. The molecule has 0 rings (SSSR count). The number of hydrogen-bond donors (Lipinski definition) is 0. The van der Waals surface area contributed by atoms with E-state index in [4.69, 9.17) is 5.26 Å². The van der Waals surface area contributed by atoms with Crippen LogP contribution in [0.5, 0.6) is 0 Å². The molecule has 0 aliphatic heterocycles. The minimum absolute atomic E-state index is 0.654. The van der Waals surface area contributed by atoms with Gasteiger partial charge in [-0.3, -0.25) is 0 Å². The largest absolute Gasteiger partial charge is 0.301 e. The van der Waals surface area contributed by atoms with Crippen LogP contribution in [0.4, 0.5) is 0 Å². The molecular weight excluding hydrogens is 180 g/mol. The summed E-state index contributed by atoms with van der Waals surface area (Å²) in [6, 6.07) is 2.20. The molecule has 0 radical (unpaired) electrons. The number of hydrogen-bond acceptors (Lipinski definition) is 3. The zero-order valence-electron chi connectivity index (χ0n) is 8.92. The van der Waals surface area contributed by atoms with Crippen molar-refractivity contribution in [1.82, 2.24) is 4.90 Å². The second-order valence-electron chi connectivity index (χ2n) is 3.60. The predicted octanol–water partition coefficient (Wildman–Crippen LogP) is 2.22. The summed E-state index contributed by atoms with van der Waals surface area (Å²) in [4.78, 5) is 2.38. The highest BCUT2D eigenvalue weighted by Gasteiger charge is 2.05. The smallest absolute Gasteiger partial charge is 0.0635 e. The van der Waals surface area contributed by atoms with Crippen LogP contribution in [-0.4, -0.2) is 36.5 Å². The first kappa shape index (κ1) is 12.8. The van der Waals surface area contributed by atoms with Gasteiger partial charge in [-0.15, -0.1) is 0 Å². The monoisotopic (exact) mass is 200 g/mol. The van der Waals surface area contributed by atoms with Crippen LogP contribution in [0.2, 0.25) is 0 Å². The molecule has 13 heavy (non-hydrogen) atoms. The lowest BCUT2D eigenvalue weighted by atomic mass is 10.2. The topological polar surface area (TPSA) is 27.0 Å². The van der Waals surface area contributed by atoms with Gasteiger partial charge in [0.1, 0.15) is 0 Å². The maximum atomic E-state index is 8.49. The van der Waals surface area contributed by atoms with Crippen LogP contribution in [0, 0.1) is 17.2 Å². The van der Waals surface area contributed by atoms with Crippen molar-refractivity contribution in [2.75, 3.05) is 31.6 Å². The average Bonchev–Trinajstić information content (AvgIpc) is 2.09. The highest BCUT2D eigenvalue weighted by atomic mass is 32.2. The summed E-state index contributed by atoms with van der Waals surface area (Å²) in [5.41, 5.74) is 0. The first-order valence-electron chi connectivity index (χ1n) is 4.79. The maximum absolute atomic E-state index is 8.49. The van der Waals surface area contributed by atoms with Crippen LogP contribution < -0.4 is 0 Å². The molecule has 0 aromatic rings. The molecule has 0 N–H and O–H groups in total. The van der Waals surface area contributed by atoms with Gasteiger partial charge in [-0.05, 0) is 12.2 Å². The summed E-state index contributed by atoms with van der Waals surface area (Å²) in [5, 5.41) is 8.49. The van der Waals surface area contributed by atoms with Crippen molar-refractivity contribution < 1.29 is 0 Å². The molecule has 0 aromatic carbocycles. The minimum atomic E-state index is 0.654. The SMILES string of the molecule is CSCCN(CCC#N)CC(C)C. The van der Waals surface area contributed by atoms with Gasteiger partial charge < -0.3 is 4.90 Å². The number of nitriles is 1. The molecule has 0 bridgehead atoms. The normalized spacial score (nSPS) is 10.8. The Morgan fingerprint density at radius 1 is 1.38 bits per heavy atom. The Morgan fingerprint density at radius 2 is 2.08 bits per heavy atom. The van der Waals surface area contributed by atoms with Gasteiger partial charge in [-0.1, -0.05) is 13.8 Å². The van der Waals surface area contributed by atoms with E-state index in [1.54, 1.807) is 0 Å². The van der Waals surface area contributed by atoms with E-state index in [-0.39, 0.29) is 0 Å². The third kappa shape index (κ3) is 8.14. The number of nitrogens with zero attached hydrogens (tertiary/aromatic N) is 2. The number of rotatable bonds is 7. The number of thioether (sulfide) groups is 1. The Hall–Kier alpha value is -0.200. The molecule has 0 fully saturated rings. The van der Waals surface area contributed by atoms with Crippen molar-refractivity contribution in [3.8, 4) is 6.07 Å². The van der Waals surface area contributed by atoms with E-state index >= 15 is 0 Å². The summed E-state index contributed by atoms with van der Waals surface area (Å²) in [6.45, 7) is 7.59. The molecule has 0 saturated carbocycles. The van der Waals surface area contributed by atoms with Gasteiger partial charge in [0, 0.05) is 31.8 Å². The van der Waals surface area contributed by atoms with E-state index in [0.717, 1.165) is 25.4 Å². The van der Waals surface area contributed by atoms with Crippen molar-refractivity contribution in [3.63, 3.8) is 0 Å². The van der Waals surface area contributed by atoms with Gasteiger partial charge in [0.15, 0.2) is 0 Å². The lowest BCUT2D eigenvalue weighted by Crippen LogP contribution is -2.30. The van der Waals surface area contributed by atoms with Gasteiger partial charge in [0.05, 0.1) is 6.07 Å². The van der Waals surface area contributed by atoms with Crippen LogP contribution in [0.1, 0.15) is 20.3 Å². The van der Waals surface area contributed by atoms with Gasteiger partial charge >= 0.3 is 0 Å². The maximum Gasteiger partial charge on any atom is 0.0635 e. The quantitative estimate of drug-likeness (QED) is 0.630. The van der Waals surface area contributed by atoms with Crippen LogP contribution in [-0.2, 0) is 0 Å². The molecule has 0 saturated heterocycles. The van der Waals surface area contributed by atoms with Crippen LogP contribution >= 0.6 is 11.8 Å². The Kier molecular flexibility index (Phi) is 8.27. The van der Waals surface area contributed by atoms with Crippen LogP contribution in [0.3, 0.4) is 0 Å². The summed E-state index contributed by atoms with van der Waals surface area (Å²) >= 11 is 1.87. The summed E-state index contributed by atoms with van der Waals surface area (Å²) in [7, 11) is 0. The fourth-order valence-corrected chi connectivity index (χ4v) is 1.68. The Labute approximate surface area is 86.3 Å². The first-order valence-corrected chi connectivity index (χ1v) is 6.18. The van der Waals surface area contributed by atoms with Gasteiger partial charge in [-0.2, -0.15) is 17.0 Å². The molecule has 0 amide bonds. The molecule has 0 unspecified atom stereocenters. The van der Waals surface area contributed by atoms with Crippen molar-refractivity contribution >= 4 is 11.8 Å². The van der Waals surface area contributed by atoms with Crippen molar-refractivity contribution in [2.24, 2.45) is 5.92 Å². The Balaban J connectivity index is 3.67. The highest BCUT2D eigenvalue weighted by molar-refractivity contribution is 7.98.